The fourth-order valence-corrected chi connectivity index (χ4v) is 7.09. The van der Waals surface area contributed by atoms with Crippen molar-refractivity contribution >= 4 is 60.1 Å². The van der Waals surface area contributed by atoms with E-state index in [1.54, 1.807) is 18.2 Å². The molecule has 0 radical (unpaired) electrons. The number of rotatable bonds is 7. The lowest BCUT2D eigenvalue weighted by molar-refractivity contribution is -0.119. The summed E-state index contributed by atoms with van der Waals surface area (Å²) in [7, 11) is -3.75. The van der Waals surface area contributed by atoms with E-state index in [-0.39, 0.29) is 29.0 Å². The third kappa shape index (κ3) is 4.81. The van der Waals surface area contributed by atoms with Crippen molar-refractivity contribution in [1.82, 2.24) is 20.5 Å². The summed E-state index contributed by atoms with van der Waals surface area (Å²) in [4.78, 5) is 39.3. The smallest absolute Gasteiger partial charge is 0.286 e. The summed E-state index contributed by atoms with van der Waals surface area (Å²) < 4.78 is 31.9. The predicted octanol–water partition coefficient (Wildman–Crippen LogP) is 3.58. The van der Waals surface area contributed by atoms with Crippen LogP contribution >= 0.6 is 23.1 Å². The number of thiazole rings is 1. The fourth-order valence-electron chi connectivity index (χ4n) is 3.74. The molecule has 2 aromatic carbocycles. The van der Waals surface area contributed by atoms with Gasteiger partial charge in [-0.05, 0) is 30.2 Å². The number of carbonyl (C=O) groups excluding carboxylic acids is 3. The molecule has 1 aliphatic heterocycles. The molecule has 0 spiro atoms. The molecule has 2 unspecified atom stereocenters. The Kier molecular flexibility index (Phi) is 6.22. The minimum absolute atomic E-state index is 0.00263. The van der Waals surface area contributed by atoms with Crippen molar-refractivity contribution < 1.29 is 27.2 Å². The van der Waals surface area contributed by atoms with E-state index in [2.05, 4.69) is 20.5 Å². The molecule has 5 rings (SSSR count). The summed E-state index contributed by atoms with van der Waals surface area (Å²) >= 11 is 2.02. The first kappa shape index (κ1) is 24.3. The number of amides is 2. The van der Waals surface area contributed by atoms with Crippen molar-refractivity contribution in [3.05, 3.63) is 64.8 Å². The highest BCUT2D eigenvalue weighted by Gasteiger charge is 2.36. The summed E-state index contributed by atoms with van der Waals surface area (Å²) in [5.41, 5.74) is 3.04. The van der Waals surface area contributed by atoms with Crippen molar-refractivity contribution in [2.24, 2.45) is 0 Å². The SMILES string of the molecule is CC(=O)c1ccc(-c2ccc3nc(C(c4nnc(CC5SC(=O)NC5=O)o4)S(C)(=O)=O)sc3c2)cc1. The van der Waals surface area contributed by atoms with Gasteiger partial charge in [-0.2, -0.15) is 0 Å². The number of ketones is 1. The van der Waals surface area contributed by atoms with E-state index in [1.165, 1.54) is 18.3 Å². The minimum Gasteiger partial charge on any atom is -0.423 e. The van der Waals surface area contributed by atoms with E-state index >= 15 is 0 Å². The van der Waals surface area contributed by atoms with Crippen molar-refractivity contribution in [1.29, 1.82) is 0 Å². The number of benzene rings is 2. The Morgan fingerprint density at radius 2 is 1.83 bits per heavy atom. The first-order valence-electron chi connectivity index (χ1n) is 10.6. The van der Waals surface area contributed by atoms with Crippen LogP contribution in [0.5, 0.6) is 0 Å². The van der Waals surface area contributed by atoms with Gasteiger partial charge in [-0.25, -0.2) is 13.4 Å². The number of aromatic nitrogens is 3. The normalized spacial score (nSPS) is 16.9. The maximum absolute atomic E-state index is 12.7. The van der Waals surface area contributed by atoms with Gasteiger partial charge in [0.2, 0.25) is 17.7 Å². The van der Waals surface area contributed by atoms with E-state index in [0.717, 1.165) is 33.8 Å². The molecule has 1 aliphatic rings. The van der Waals surface area contributed by atoms with Crippen molar-refractivity contribution in [2.45, 2.75) is 23.8 Å². The molecule has 13 heteroatoms. The summed E-state index contributed by atoms with van der Waals surface area (Å²) in [6.45, 7) is 1.51. The Balaban J connectivity index is 1.46. The second kappa shape index (κ2) is 9.22. The van der Waals surface area contributed by atoms with Gasteiger partial charge in [-0.1, -0.05) is 42.1 Å². The minimum atomic E-state index is -3.75. The molecule has 1 N–H and O–H groups in total. The van der Waals surface area contributed by atoms with Crippen LogP contribution in [0.3, 0.4) is 0 Å². The molecule has 2 amide bonds. The number of hydrogen-bond acceptors (Lipinski definition) is 11. The van der Waals surface area contributed by atoms with Gasteiger partial charge < -0.3 is 4.42 Å². The van der Waals surface area contributed by atoms with Crippen LogP contribution < -0.4 is 5.32 Å². The van der Waals surface area contributed by atoms with Gasteiger partial charge >= 0.3 is 0 Å². The summed E-state index contributed by atoms with van der Waals surface area (Å²) in [6, 6.07) is 12.8. The number of carbonyl (C=O) groups is 3. The number of sulfone groups is 1. The van der Waals surface area contributed by atoms with E-state index < -0.39 is 31.5 Å². The fraction of sp³-hybridized carbons (Fsp3) is 0.217. The van der Waals surface area contributed by atoms with Gasteiger partial charge in [-0.15, -0.1) is 21.5 Å². The van der Waals surface area contributed by atoms with Gasteiger partial charge in [0.05, 0.1) is 10.2 Å². The number of nitrogens with zero attached hydrogens (tertiary/aromatic N) is 3. The van der Waals surface area contributed by atoms with E-state index in [9.17, 15) is 22.8 Å². The topological polar surface area (TPSA) is 149 Å². The van der Waals surface area contributed by atoms with Gasteiger partial charge in [0.15, 0.2) is 20.9 Å². The zero-order valence-electron chi connectivity index (χ0n) is 18.9. The molecule has 36 heavy (non-hydrogen) atoms. The summed E-state index contributed by atoms with van der Waals surface area (Å²) in [5.74, 6) is -0.569. The van der Waals surface area contributed by atoms with Crippen LogP contribution in [0.15, 0.2) is 46.9 Å². The molecule has 1 fully saturated rings. The monoisotopic (exact) mass is 542 g/mol. The molecule has 4 aromatic rings. The molecule has 184 valence electrons. The van der Waals surface area contributed by atoms with Crippen LogP contribution in [0.1, 0.15) is 39.3 Å². The van der Waals surface area contributed by atoms with Crippen molar-refractivity contribution in [3.63, 3.8) is 0 Å². The van der Waals surface area contributed by atoms with Crippen molar-refractivity contribution in [2.75, 3.05) is 6.26 Å². The first-order chi connectivity index (χ1) is 17.1. The second-order valence-corrected chi connectivity index (χ2v) is 12.6. The van der Waals surface area contributed by atoms with Crippen LogP contribution in [-0.4, -0.2) is 52.0 Å². The Morgan fingerprint density at radius 3 is 2.47 bits per heavy atom. The molecule has 2 aromatic heterocycles. The number of nitrogens with one attached hydrogen (secondary N) is 1. The lowest BCUT2D eigenvalue weighted by Crippen LogP contribution is -2.25. The Morgan fingerprint density at radius 1 is 1.11 bits per heavy atom. The number of thioether (sulfide) groups is 1. The largest absolute Gasteiger partial charge is 0.423 e. The van der Waals surface area contributed by atoms with Gasteiger partial charge in [-0.3, -0.25) is 19.7 Å². The van der Waals surface area contributed by atoms with E-state index in [4.69, 9.17) is 4.42 Å². The number of hydrogen-bond donors (Lipinski definition) is 1. The van der Waals surface area contributed by atoms with Crippen LogP contribution in [0, 0.1) is 0 Å². The standard InChI is InChI=1S/C23H18N4O6S3/c1-11(28)12-3-5-13(6-4-12)14-7-8-15-16(9-14)34-22(24-15)19(36(2,31)32)21-27-26-18(33-21)10-17-20(29)25-23(30)35-17/h3-9,17,19H,10H2,1-2H3,(H,25,29,30). The van der Waals surface area contributed by atoms with Gasteiger partial charge in [0.25, 0.3) is 5.24 Å². The number of imide groups is 1. The maximum atomic E-state index is 12.7. The Hall–Kier alpha value is -3.42. The molecular formula is C23H18N4O6S3. The highest BCUT2D eigenvalue weighted by Crippen LogP contribution is 2.36. The predicted molar refractivity (Wildman–Crippen MR) is 135 cm³/mol. The quantitative estimate of drug-likeness (QED) is 0.343. The second-order valence-electron chi connectivity index (χ2n) is 8.20. The molecule has 0 saturated carbocycles. The number of fused-ring (bicyclic) bond motifs is 1. The lowest BCUT2D eigenvalue weighted by atomic mass is 10.0. The Labute approximate surface area is 213 Å². The molecule has 0 aliphatic carbocycles. The summed E-state index contributed by atoms with van der Waals surface area (Å²) in [5, 5.41) is 7.82. The van der Waals surface area contributed by atoms with Crippen LogP contribution in [0.4, 0.5) is 4.79 Å². The average Bonchev–Trinajstić information content (AvgIpc) is 3.51. The van der Waals surface area contributed by atoms with Crippen LogP contribution in [0.25, 0.3) is 21.3 Å². The Bertz CT molecular complexity index is 1630. The molecule has 1 saturated heterocycles. The van der Waals surface area contributed by atoms with Crippen molar-refractivity contribution in [3.8, 4) is 11.1 Å². The highest BCUT2D eigenvalue weighted by atomic mass is 32.2. The zero-order valence-corrected chi connectivity index (χ0v) is 21.4. The number of Topliss-reactive ketones (excluding diaryl/α,β-unsaturated/α-hetero) is 1. The van der Waals surface area contributed by atoms with Gasteiger partial charge in [0.1, 0.15) is 10.3 Å². The lowest BCUT2D eigenvalue weighted by Gasteiger charge is -2.07. The van der Waals surface area contributed by atoms with Gasteiger partial charge in [0, 0.05) is 18.2 Å². The molecule has 2 atom stereocenters. The third-order valence-corrected chi connectivity index (χ3v) is 9.01. The maximum Gasteiger partial charge on any atom is 0.286 e. The van der Waals surface area contributed by atoms with E-state index in [1.807, 2.05) is 24.3 Å². The third-order valence-electron chi connectivity index (χ3n) is 5.52. The van der Waals surface area contributed by atoms with Crippen LogP contribution in [0.2, 0.25) is 0 Å². The molecule has 3 heterocycles. The molecule has 0 bridgehead atoms. The van der Waals surface area contributed by atoms with E-state index in [0.29, 0.717) is 11.1 Å². The highest BCUT2D eigenvalue weighted by molar-refractivity contribution is 8.15. The summed E-state index contributed by atoms with van der Waals surface area (Å²) in [6.07, 6.45) is 1.06. The molecule has 10 nitrogen and oxygen atoms in total. The molecular weight excluding hydrogens is 524 g/mol. The van der Waals surface area contributed by atoms with Crippen LogP contribution in [-0.2, 0) is 21.1 Å². The zero-order chi connectivity index (χ0) is 25.6. The first-order valence-corrected chi connectivity index (χ1v) is 14.3. The average molecular weight is 543 g/mol.